The predicted octanol–water partition coefficient (Wildman–Crippen LogP) is 2.83. The number of nitrogens with one attached hydrogen (secondary N) is 2. The summed E-state index contributed by atoms with van der Waals surface area (Å²) < 4.78 is 5.66. The SMILES string of the molecule is C#CCOC1CCN(c2cccc(-c3csc(NC(=NC)NCC)n3)n2)CC1. The molecule has 148 valence electrons. The highest BCUT2D eigenvalue weighted by Gasteiger charge is 2.21. The van der Waals surface area contributed by atoms with Crippen molar-refractivity contribution in [1.82, 2.24) is 15.3 Å². The van der Waals surface area contributed by atoms with E-state index in [1.807, 2.05) is 30.5 Å². The molecular weight excluding hydrogens is 372 g/mol. The fraction of sp³-hybridized carbons (Fsp3) is 0.450. The number of pyridine rings is 1. The molecule has 3 rings (SSSR count). The second-order valence-electron chi connectivity index (χ2n) is 6.35. The molecule has 2 N–H and O–H groups in total. The first kappa shape index (κ1) is 20.1. The van der Waals surface area contributed by atoms with Crippen LogP contribution in [-0.4, -0.2) is 55.3 Å². The zero-order valence-corrected chi connectivity index (χ0v) is 17.1. The summed E-state index contributed by atoms with van der Waals surface area (Å²) in [5, 5.41) is 9.15. The minimum absolute atomic E-state index is 0.244. The van der Waals surface area contributed by atoms with Gasteiger partial charge in [-0.25, -0.2) is 9.97 Å². The van der Waals surface area contributed by atoms with E-state index in [9.17, 15) is 0 Å². The Morgan fingerprint density at radius 3 is 2.89 bits per heavy atom. The average molecular weight is 399 g/mol. The molecule has 0 bridgehead atoms. The molecule has 28 heavy (non-hydrogen) atoms. The van der Waals surface area contributed by atoms with Crippen molar-refractivity contribution in [2.45, 2.75) is 25.9 Å². The van der Waals surface area contributed by atoms with Gasteiger partial charge in [-0.1, -0.05) is 12.0 Å². The number of rotatable bonds is 6. The van der Waals surface area contributed by atoms with E-state index in [2.05, 4.69) is 31.4 Å². The van der Waals surface area contributed by atoms with E-state index in [0.717, 1.165) is 54.8 Å². The van der Waals surface area contributed by atoms with Crippen LogP contribution in [0.3, 0.4) is 0 Å². The molecule has 0 aliphatic carbocycles. The van der Waals surface area contributed by atoms with E-state index in [-0.39, 0.29) is 6.10 Å². The number of terminal acetylenes is 1. The van der Waals surface area contributed by atoms with Crippen molar-refractivity contribution in [2.24, 2.45) is 4.99 Å². The summed E-state index contributed by atoms with van der Waals surface area (Å²) in [6.45, 7) is 5.03. The number of piperidine rings is 1. The molecule has 2 aromatic rings. The van der Waals surface area contributed by atoms with E-state index in [0.29, 0.717) is 12.6 Å². The Bertz CT molecular complexity index is 835. The van der Waals surface area contributed by atoms with Gasteiger partial charge < -0.3 is 20.3 Å². The lowest BCUT2D eigenvalue weighted by atomic mass is 10.1. The number of aromatic nitrogens is 2. The Hall–Kier alpha value is -2.63. The fourth-order valence-electron chi connectivity index (χ4n) is 3.06. The lowest BCUT2D eigenvalue weighted by molar-refractivity contribution is 0.0594. The molecule has 0 aromatic carbocycles. The van der Waals surface area contributed by atoms with Crippen LogP contribution in [0, 0.1) is 12.3 Å². The van der Waals surface area contributed by atoms with Crippen LogP contribution in [0.1, 0.15) is 19.8 Å². The molecule has 0 atom stereocenters. The zero-order valence-electron chi connectivity index (χ0n) is 16.3. The van der Waals surface area contributed by atoms with Crippen LogP contribution >= 0.6 is 11.3 Å². The third kappa shape index (κ3) is 5.21. The number of aliphatic imine (C=N–C) groups is 1. The normalized spacial score (nSPS) is 15.3. The maximum absolute atomic E-state index is 5.66. The van der Waals surface area contributed by atoms with Gasteiger partial charge in [0.25, 0.3) is 0 Å². The van der Waals surface area contributed by atoms with Crippen molar-refractivity contribution in [1.29, 1.82) is 0 Å². The van der Waals surface area contributed by atoms with Crippen LogP contribution in [0.25, 0.3) is 11.4 Å². The van der Waals surface area contributed by atoms with Crippen LogP contribution in [0.4, 0.5) is 10.9 Å². The highest BCUT2D eigenvalue weighted by molar-refractivity contribution is 7.14. The fourth-order valence-corrected chi connectivity index (χ4v) is 3.76. The molecule has 1 saturated heterocycles. The Morgan fingerprint density at radius 1 is 1.36 bits per heavy atom. The van der Waals surface area contributed by atoms with Crippen LogP contribution < -0.4 is 15.5 Å². The second kappa shape index (κ2) is 10.1. The lowest BCUT2D eigenvalue weighted by Gasteiger charge is -2.32. The van der Waals surface area contributed by atoms with Gasteiger partial charge in [-0.05, 0) is 31.9 Å². The Morgan fingerprint density at radius 2 is 2.18 bits per heavy atom. The first-order valence-electron chi connectivity index (χ1n) is 9.44. The zero-order chi connectivity index (χ0) is 19.8. The van der Waals surface area contributed by atoms with E-state index in [4.69, 9.17) is 16.1 Å². The van der Waals surface area contributed by atoms with Gasteiger partial charge in [0.2, 0.25) is 0 Å². The minimum atomic E-state index is 0.244. The quantitative estimate of drug-likeness (QED) is 0.443. The standard InChI is InChI=1S/C20H26N6OS/c1-4-13-27-15-9-11-26(12-10-15)18-8-6-7-16(23-18)17-14-28-20(24-17)25-19(21-3)22-5-2/h1,6-8,14-15H,5,9-13H2,2-3H3,(H2,21,22,24,25). The van der Waals surface area contributed by atoms with Gasteiger partial charge >= 0.3 is 0 Å². The van der Waals surface area contributed by atoms with Crippen LogP contribution in [0.15, 0.2) is 28.6 Å². The highest BCUT2D eigenvalue weighted by atomic mass is 32.1. The molecule has 0 radical (unpaired) electrons. The van der Waals surface area contributed by atoms with Crippen LogP contribution in [-0.2, 0) is 4.74 Å². The molecular formula is C20H26N6OS. The third-order valence-corrected chi connectivity index (χ3v) is 5.22. The predicted molar refractivity (Wildman–Crippen MR) is 116 cm³/mol. The maximum atomic E-state index is 5.66. The average Bonchev–Trinajstić information content (AvgIpc) is 3.21. The molecule has 3 heterocycles. The second-order valence-corrected chi connectivity index (χ2v) is 7.21. The van der Waals surface area contributed by atoms with Gasteiger partial charge in [0, 0.05) is 32.1 Å². The summed E-state index contributed by atoms with van der Waals surface area (Å²) in [5.74, 6) is 4.22. The minimum Gasteiger partial charge on any atom is -0.365 e. The monoisotopic (exact) mass is 398 g/mol. The van der Waals surface area contributed by atoms with Gasteiger partial charge in [-0.2, -0.15) is 0 Å². The summed E-state index contributed by atoms with van der Waals surface area (Å²) in [6, 6.07) is 6.07. The van der Waals surface area contributed by atoms with E-state index in [1.54, 1.807) is 7.05 Å². The Kier molecular flexibility index (Phi) is 7.23. The largest absolute Gasteiger partial charge is 0.365 e. The molecule has 0 spiro atoms. The van der Waals surface area contributed by atoms with Gasteiger partial charge in [0.15, 0.2) is 11.1 Å². The summed E-state index contributed by atoms with van der Waals surface area (Å²) >= 11 is 1.53. The molecule has 0 amide bonds. The third-order valence-electron chi connectivity index (χ3n) is 4.46. The maximum Gasteiger partial charge on any atom is 0.197 e. The lowest BCUT2D eigenvalue weighted by Crippen LogP contribution is -2.37. The van der Waals surface area contributed by atoms with Crippen molar-refractivity contribution in [2.75, 3.05) is 43.5 Å². The number of nitrogens with zero attached hydrogens (tertiary/aromatic N) is 4. The van der Waals surface area contributed by atoms with Gasteiger partial charge in [0.05, 0.1) is 11.8 Å². The molecule has 0 unspecified atom stereocenters. The first-order chi connectivity index (χ1) is 13.7. The Labute approximate surface area is 170 Å². The summed E-state index contributed by atoms with van der Waals surface area (Å²) in [4.78, 5) is 15.9. The molecule has 1 fully saturated rings. The topological polar surface area (TPSA) is 74.7 Å². The highest BCUT2D eigenvalue weighted by Crippen LogP contribution is 2.26. The number of hydrogen-bond acceptors (Lipinski definition) is 6. The Balaban J connectivity index is 1.65. The van der Waals surface area contributed by atoms with E-state index < -0.39 is 0 Å². The van der Waals surface area contributed by atoms with Crippen molar-refractivity contribution < 1.29 is 4.74 Å². The van der Waals surface area contributed by atoms with Crippen molar-refractivity contribution in [3.05, 3.63) is 23.6 Å². The molecule has 7 nitrogen and oxygen atoms in total. The van der Waals surface area contributed by atoms with Crippen molar-refractivity contribution >= 4 is 28.2 Å². The molecule has 1 aliphatic rings. The molecule has 8 heteroatoms. The molecule has 2 aromatic heterocycles. The summed E-state index contributed by atoms with van der Waals surface area (Å²) in [7, 11) is 1.74. The van der Waals surface area contributed by atoms with Gasteiger partial charge in [-0.3, -0.25) is 4.99 Å². The van der Waals surface area contributed by atoms with Crippen molar-refractivity contribution in [3.63, 3.8) is 0 Å². The van der Waals surface area contributed by atoms with E-state index in [1.165, 1.54) is 11.3 Å². The number of anilines is 2. The number of guanidine groups is 1. The number of ether oxygens (including phenoxy) is 1. The van der Waals surface area contributed by atoms with Gasteiger partial charge in [-0.15, -0.1) is 17.8 Å². The molecule has 1 aliphatic heterocycles. The van der Waals surface area contributed by atoms with E-state index >= 15 is 0 Å². The summed E-state index contributed by atoms with van der Waals surface area (Å²) in [6.07, 6.45) is 7.44. The van der Waals surface area contributed by atoms with Crippen LogP contribution in [0.5, 0.6) is 0 Å². The molecule has 0 saturated carbocycles. The van der Waals surface area contributed by atoms with Crippen LogP contribution in [0.2, 0.25) is 0 Å². The number of thiazole rings is 1. The van der Waals surface area contributed by atoms with Crippen molar-refractivity contribution in [3.8, 4) is 23.7 Å². The summed E-state index contributed by atoms with van der Waals surface area (Å²) in [5.41, 5.74) is 1.72. The smallest absolute Gasteiger partial charge is 0.197 e. The number of hydrogen-bond donors (Lipinski definition) is 2. The first-order valence-corrected chi connectivity index (χ1v) is 10.3. The van der Waals surface area contributed by atoms with Gasteiger partial charge in [0.1, 0.15) is 18.1 Å².